The molecule has 3 rings (SSSR count). The van der Waals surface area contributed by atoms with Crippen LogP contribution in [0.1, 0.15) is 26.7 Å². The zero-order valence-electron chi connectivity index (χ0n) is 16.4. The Morgan fingerprint density at radius 2 is 1.61 bits per heavy atom. The van der Waals surface area contributed by atoms with Gasteiger partial charge in [0, 0.05) is 36.5 Å². The van der Waals surface area contributed by atoms with Crippen LogP contribution in [0.3, 0.4) is 0 Å². The summed E-state index contributed by atoms with van der Waals surface area (Å²) in [6.45, 7) is 5.57. The minimum atomic E-state index is 0.222. The van der Waals surface area contributed by atoms with Crippen LogP contribution >= 0.6 is 11.8 Å². The molecule has 1 amide bonds. The van der Waals surface area contributed by atoms with Crippen molar-refractivity contribution in [3.8, 4) is 17.1 Å². The van der Waals surface area contributed by atoms with E-state index in [4.69, 9.17) is 0 Å². The lowest BCUT2D eigenvalue weighted by Crippen LogP contribution is -2.30. The minimum absolute atomic E-state index is 0.222. The van der Waals surface area contributed by atoms with Crippen LogP contribution < -0.4 is 0 Å². The maximum atomic E-state index is 12.2. The average Bonchev–Trinajstić information content (AvgIpc) is 3.17. The summed E-state index contributed by atoms with van der Waals surface area (Å²) in [5, 5.41) is 9.73. The Hall–Kier alpha value is -2.60. The maximum Gasteiger partial charge on any atom is 0.222 e. The largest absolute Gasteiger partial charge is 0.343 e. The molecule has 0 saturated carbocycles. The van der Waals surface area contributed by atoms with E-state index in [2.05, 4.69) is 26.9 Å². The number of benzene rings is 2. The van der Waals surface area contributed by atoms with Gasteiger partial charge in [-0.05, 0) is 32.4 Å². The second-order valence-corrected chi connectivity index (χ2v) is 7.42. The highest BCUT2D eigenvalue weighted by Crippen LogP contribution is 2.28. The first kappa shape index (κ1) is 20.1. The molecule has 0 atom stereocenters. The Labute approximate surface area is 170 Å². The monoisotopic (exact) mass is 394 g/mol. The van der Waals surface area contributed by atoms with Crippen molar-refractivity contribution in [3.63, 3.8) is 0 Å². The van der Waals surface area contributed by atoms with Crippen molar-refractivity contribution in [1.82, 2.24) is 19.7 Å². The van der Waals surface area contributed by atoms with E-state index in [1.54, 1.807) is 11.8 Å². The van der Waals surface area contributed by atoms with Crippen molar-refractivity contribution in [2.75, 3.05) is 18.8 Å². The summed E-state index contributed by atoms with van der Waals surface area (Å²) in [6, 6.07) is 20.2. The van der Waals surface area contributed by atoms with Crippen LogP contribution in [0.5, 0.6) is 0 Å². The van der Waals surface area contributed by atoms with E-state index in [0.29, 0.717) is 6.42 Å². The van der Waals surface area contributed by atoms with Crippen molar-refractivity contribution < 1.29 is 4.79 Å². The van der Waals surface area contributed by atoms with Gasteiger partial charge in [0.25, 0.3) is 0 Å². The average molecular weight is 395 g/mol. The molecule has 3 aromatic rings. The van der Waals surface area contributed by atoms with Crippen molar-refractivity contribution >= 4 is 17.7 Å². The van der Waals surface area contributed by atoms with Gasteiger partial charge in [0.1, 0.15) is 0 Å². The number of carbonyl (C=O) groups is 1. The van der Waals surface area contributed by atoms with Gasteiger partial charge in [-0.2, -0.15) is 0 Å². The Kier molecular flexibility index (Phi) is 7.25. The van der Waals surface area contributed by atoms with Crippen LogP contribution in [0.25, 0.3) is 17.1 Å². The molecule has 0 aliphatic heterocycles. The maximum absolute atomic E-state index is 12.2. The number of thioether (sulfide) groups is 1. The highest BCUT2D eigenvalue weighted by atomic mass is 32.2. The quantitative estimate of drug-likeness (QED) is 0.391. The third kappa shape index (κ3) is 4.81. The Bertz CT molecular complexity index is 876. The number of amides is 1. The SMILES string of the molecule is CCN(CC)C(=O)CCCSc1nnc(-c2ccccc2)n1-c1ccccc1. The van der Waals surface area contributed by atoms with Gasteiger partial charge in [0.15, 0.2) is 11.0 Å². The van der Waals surface area contributed by atoms with Crippen LogP contribution in [-0.2, 0) is 4.79 Å². The number of nitrogens with zero attached hydrogens (tertiary/aromatic N) is 4. The smallest absolute Gasteiger partial charge is 0.222 e. The number of para-hydroxylation sites is 1. The first-order chi connectivity index (χ1) is 13.7. The topological polar surface area (TPSA) is 51.0 Å². The van der Waals surface area contributed by atoms with E-state index >= 15 is 0 Å². The molecule has 28 heavy (non-hydrogen) atoms. The number of rotatable bonds is 9. The van der Waals surface area contributed by atoms with Crippen LogP contribution in [0, 0.1) is 0 Å². The van der Waals surface area contributed by atoms with E-state index in [1.165, 1.54) is 0 Å². The zero-order chi connectivity index (χ0) is 19.8. The van der Waals surface area contributed by atoms with Crippen molar-refractivity contribution in [1.29, 1.82) is 0 Å². The van der Waals surface area contributed by atoms with E-state index in [9.17, 15) is 4.79 Å². The number of aromatic nitrogens is 3. The highest BCUT2D eigenvalue weighted by Gasteiger charge is 2.16. The predicted octanol–water partition coefficient (Wildman–Crippen LogP) is 4.68. The molecular weight excluding hydrogens is 368 g/mol. The van der Waals surface area contributed by atoms with Crippen molar-refractivity contribution in [2.45, 2.75) is 31.8 Å². The first-order valence-corrected chi connectivity index (χ1v) is 10.7. The molecule has 0 aliphatic rings. The highest BCUT2D eigenvalue weighted by molar-refractivity contribution is 7.99. The molecule has 0 saturated heterocycles. The van der Waals surface area contributed by atoms with Gasteiger partial charge in [-0.3, -0.25) is 9.36 Å². The first-order valence-electron chi connectivity index (χ1n) is 9.71. The normalized spacial score (nSPS) is 10.8. The van der Waals surface area contributed by atoms with E-state index < -0.39 is 0 Å². The molecule has 5 nitrogen and oxygen atoms in total. The molecule has 0 spiro atoms. The van der Waals surface area contributed by atoms with Crippen LogP contribution in [0.2, 0.25) is 0 Å². The number of carbonyl (C=O) groups excluding carboxylic acids is 1. The summed E-state index contributed by atoms with van der Waals surface area (Å²) < 4.78 is 2.09. The van der Waals surface area contributed by atoms with Crippen LogP contribution in [0.4, 0.5) is 0 Å². The molecular formula is C22H26N4OS. The molecule has 2 aromatic carbocycles. The van der Waals surface area contributed by atoms with Gasteiger partial charge >= 0.3 is 0 Å². The van der Waals surface area contributed by atoms with Crippen LogP contribution in [0.15, 0.2) is 65.8 Å². The predicted molar refractivity (Wildman–Crippen MR) is 115 cm³/mol. The van der Waals surface area contributed by atoms with E-state index in [1.807, 2.05) is 67.3 Å². The number of hydrogen-bond acceptors (Lipinski definition) is 4. The summed E-state index contributed by atoms with van der Waals surface area (Å²) in [5.41, 5.74) is 2.07. The van der Waals surface area contributed by atoms with Gasteiger partial charge in [-0.1, -0.05) is 60.3 Å². The van der Waals surface area contributed by atoms with Gasteiger partial charge in [-0.15, -0.1) is 10.2 Å². The fourth-order valence-corrected chi connectivity index (χ4v) is 3.96. The van der Waals surface area contributed by atoms with Crippen molar-refractivity contribution in [2.24, 2.45) is 0 Å². The van der Waals surface area contributed by atoms with E-state index in [-0.39, 0.29) is 5.91 Å². The van der Waals surface area contributed by atoms with Gasteiger partial charge < -0.3 is 4.90 Å². The molecule has 0 bridgehead atoms. The molecule has 1 heterocycles. The molecule has 1 aromatic heterocycles. The van der Waals surface area contributed by atoms with Crippen molar-refractivity contribution in [3.05, 3.63) is 60.7 Å². The molecule has 0 fully saturated rings. The Morgan fingerprint density at radius 1 is 0.964 bits per heavy atom. The Balaban J connectivity index is 1.75. The summed E-state index contributed by atoms with van der Waals surface area (Å²) >= 11 is 1.64. The fourth-order valence-electron chi connectivity index (χ4n) is 3.07. The molecule has 146 valence electrons. The molecule has 0 unspecified atom stereocenters. The molecule has 0 radical (unpaired) electrons. The van der Waals surface area contributed by atoms with Gasteiger partial charge in [0.05, 0.1) is 0 Å². The number of hydrogen-bond donors (Lipinski definition) is 0. The lowest BCUT2D eigenvalue weighted by atomic mass is 10.2. The summed E-state index contributed by atoms with van der Waals surface area (Å²) in [4.78, 5) is 14.1. The Morgan fingerprint density at radius 3 is 2.25 bits per heavy atom. The fraction of sp³-hybridized carbons (Fsp3) is 0.318. The molecule has 0 aliphatic carbocycles. The zero-order valence-corrected chi connectivity index (χ0v) is 17.2. The third-order valence-electron chi connectivity index (χ3n) is 4.56. The van der Waals surface area contributed by atoms with Gasteiger partial charge in [-0.25, -0.2) is 0 Å². The second-order valence-electron chi connectivity index (χ2n) is 6.36. The summed E-state index contributed by atoms with van der Waals surface area (Å²) in [6.07, 6.45) is 1.39. The lowest BCUT2D eigenvalue weighted by Gasteiger charge is -2.18. The van der Waals surface area contributed by atoms with Gasteiger partial charge in [0.2, 0.25) is 5.91 Å². The second kappa shape index (κ2) is 10.1. The summed E-state index contributed by atoms with van der Waals surface area (Å²) in [5.74, 6) is 1.88. The molecule has 6 heteroatoms. The minimum Gasteiger partial charge on any atom is -0.343 e. The molecule has 0 N–H and O–H groups in total. The third-order valence-corrected chi connectivity index (χ3v) is 5.58. The van der Waals surface area contributed by atoms with Crippen LogP contribution in [-0.4, -0.2) is 44.4 Å². The van der Waals surface area contributed by atoms with E-state index in [0.717, 1.165) is 47.5 Å². The standard InChI is InChI=1S/C22H26N4OS/c1-3-25(4-2)20(27)16-11-17-28-22-24-23-21(18-12-7-5-8-13-18)26(22)19-14-9-6-10-15-19/h5-10,12-15H,3-4,11,16-17H2,1-2H3. The summed E-state index contributed by atoms with van der Waals surface area (Å²) in [7, 11) is 0. The lowest BCUT2D eigenvalue weighted by molar-refractivity contribution is -0.130.